The molecule has 0 radical (unpaired) electrons. The van der Waals surface area contributed by atoms with E-state index in [9.17, 15) is 4.79 Å². The van der Waals surface area contributed by atoms with Crippen LogP contribution in [0.15, 0.2) is 24.3 Å². The van der Waals surface area contributed by atoms with Crippen molar-refractivity contribution in [2.45, 2.75) is 39.2 Å². The maximum Gasteiger partial charge on any atom is 0.170 e. The second kappa shape index (κ2) is 4.02. The zero-order valence-corrected chi connectivity index (χ0v) is 9.99. The Morgan fingerprint density at radius 1 is 1.44 bits per heavy atom. The fourth-order valence-electron chi connectivity index (χ4n) is 2.61. The van der Waals surface area contributed by atoms with Gasteiger partial charge < -0.3 is 5.73 Å². The van der Waals surface area contributed by atoms with Crippen molar-refractivity contribution in [3.63, 3.8) is 0 Å². The third-order valence-corrected chi connectivity index (χ3v) is 3.94. The Balaban J connectivity index is 2.36. The van der Waals surface area contributed by atoms with Gasteiger partial charge in [-0.05, 0) is 25.3 Å². The lowest BCUT2D eigenvalue weighted by atomic mass is 9.77. The third kappa shape index (κ3) is 1.67. The van der Waals surface area contributed by atoms with Gasteiger partial charge in [0.2, 0.25) is 0 Å². The second-order valence-electron chi connectivity index (χ2n) is 5.06. The van der Waals surface area contributed by atoms with E-state index in [0.717, 1.165) is 30.4 Å². The number of Topliss-reactive ketones (excluding diaryl/α,β-unsaturated/α-hetero) is 1. The van der Waals surface area contributed by atoms with E-state index in [1.807, 2.05) is 38.1 Å². The van der Waals surface area contributed by atoms with Crippen LogP contribution < -0.4 is 5.73 Å². The van der Waals surface area contributed by atoms with Gasteiger partial charge in [-0.2, -0.15) is 0 Å². The van der Waals surface area contributed by atoms with Gasteiger partial charge in [-0.3, -0.25) is 4.79 Å². The van der Waals surface area contributed by atoms with Crippen molar-refractivity contribution in [2.24, 2.45) is 11.1 Å². The molecule has 0 amide bonds. The van der Waals surface area contributed by atoms with Crippen molar-refractivity contribution < 1.29 is 4.79 Å². The topological polar surface area (TPSA) is 43.1 Å². The Hall–Kier alpha value is -1.15. The molecule has 0 saturated heterocycles. The lowest BCUT2D eigenvalue weighted by Crippen LogP contribution is -2.41. The molecular weight excluding hydrogens is 198 g/mol. The largest absolute Gasteiger partial charge is 0.327 e. The number of hydrogen-bond donors (Lipinski definition) is 1. The van der Waals surface area contributed by atoms with Crippen molar-refractivity contribution in [1.29, 1.82) is 0 Å². The van der Waals surface area contributed by atoms with Gasteiger partial charge in [0.25, 0.3) is 0 Å². The lowest BCUT2D eigenvalue weighted by molar-refractivity contribution is 0.0802. The van der Waals surface area contributed by atoms with Crippen LogP contribution in [0.25, 0.3) is 0 Å². The molecule has 2 unspecified atom stereocenters. The summed E-state index contributed by atoms with van der Waals surface area (Å²) in [5, 5.41) is 0. The Morgan fingerprint density at radius 3 is 2.69 bits per heavy atom. The molecule has 1 fully saturated rings. The number of aryl methyl sites for hydroxylation is 1. The smallest absolute Gasteiger partial charge is 0.170 e. The zero-order valence-electron chi connectivity index (χ0n) is 9.99. The van der Waals surface area contributed by atoms with Gasteiger partial charge in [0.15, 0.2) is 5.78 Å². The first-order valence-corrected chi connectivity index (χ1v) is 5.92. The van der Waals surface area contributed by atoms with Crippen LogP contribution in [0.2, 0.25) is 0 Å². The predicted molar refractivity (Wildman–Crippen MR) is 65.4 cm³/mol. The standard InChI is InChI=1S/C14H19NO/c1-10-6-3-4-7-11(10)13(16)14(2)9-5-8-12(14)15/h3-4,6-7,12H,5,8-9,15H2,1-2H3. The molecule has 0 heterocycles. The molecule has 1 aliphatic carbocycles. The van der Waals surface area contributed by atoms with E-state index in [1.54, 1.807) is 0 Å². The number of carbonyl (C=O) groups is 1. The predicted octanol–water partition coefficient (Wildman–Crippen LogP) is 2.70. The van der Waals surface area contributed by atoms with Crippen LogP contribution in [0.4, 0.5) is 0 Å². The summed E-state index contributed by atoms with van der Waals surface area (Å²) < 4.78 is 0. The van der Waals surface area contributed by atoms with Crippen LogP contribution >= 0.6 is 0 Å². The van der Waals surface area contributed by atoms with Gasteiger partial charge in [-0.25, -0.2) is 0 Å². The van der Waals surface area contributed by atoms with E-state index in [1.165, 1.54) is 0 Å². The molecule has 1 aromatic rings. The fourth-order valence-corrected chi connectivity index (χ4v) is 2.61. The van der Waals surface area contributed by atoms with Crippen LogP contribution in [0, 0.1) is 12.3 Å². The van der Waals surface area contributed by atoms with Crippen LogP contribution in [0.1, 0.15) is 42.1 Å². The Kier molecular flexibility index (Phi) is 2.85. The van der Waals surface area contributed by atoms with Crippen LogP contribution in [-0.2, 0) is 0 Å². The molecule has 1 aromatic carbocycles. The highest BCUT2D eigenvalue weighted by Gasteiger charge is 2.43. The molecule has 2 nitrogen and oxygen atoms in total. The maximum atomic E-state index is 12.5. The van der Waals surface area contributed by atoms with E-state index >= 15 is 0 Å². The van der Waals surface area contributed by atoms with Crippen LogP contribution in [-0.4, -0.2) is 11.8 Å². The summed E-state index contributed by atoms with van der Waals surface area (Å²) in [5.41, 5.74) is 7.61. The number of ketones is 1. The highest BCUT2D eigenvalue weighted by atomic mass is 16.1. The number of nitrogens with two attached hydrogens (primary N) is 1. The maximum absolute atomic E-state index is 12.5. The van der Waals surface area contributed by atoms with Crippen molar-refractivity contribution in [3.8, 4) is 0 Å². The van der Waals surface area contributed by atoms with Crippen LogP contribution in [0.5, 0.6) is 0 Å². The third-order valence-electron chi connectivity index (χ3n) is 3.94. The minimum Gasteiger partial charge on any atom is -0.327 e. The molecule has 2 heteroatoms. The molecule has 0 aromatic heterocycles. The van der Waals surface area contributed by atoms with E-state index in [-0.39, 0.29) is 17.2 Å². The van der Waals surface area contributed by atoms with Crippen molar-refractivity contribution in [3.05, 3.63) is 35.4 Å². The molecule has 0 spiro atoms. The molecule has 2 N–H and O–H groups in total. The molecular formula is C14H19NO. The zero-order chi connectivity index (χ0) is 11.8. The summed E-state index contributed by atoms with van der Waals surface area (Å²) in [4.78, 5) is 12.5. The van der Waals surface area contributed by atoms with Gasteiger partial charge in [-0.15, -0.1) is 0 Å². The molecule has 2 atom stereocenters. The Labute approximate surface area is 96.8 Å². The number of rotatable bonds is 2. The monoisotopic (exact) mass is 217 g/mol. The molecule has 16 heavy (non-hydrogen) atoms. The second-order valence-corrected chi connectivity index (χ2v) is 5.06. The first-order chi connectivity index (χ1) is 7.55. The fraction of sp³-hybridized carbons (Fsp3) is 0.500. The average molecular weight is 217 g/mol. The van der Waals surface area contributed by atoms with Gasteiger partial charge in [0, 0.05) is 17.0 Å². The minimum atomic E-state index is -0.355. The highest BCUT2D eigenvalue weighted by Crippen LogP contribution is 2.39. The van der Waals surface area contributed by atoms with Crippen LogP contribution in [0.3, 0.4) is 0 Å². The number of carbonyl (C=O) groups excluding carboxylic acids is 1. The first-order valence-electron chi connectivity index (χ1n) is 5.92. The van der Waals surface area contributed by atoms with Gasteiger partial charge in [0.1, 0.15) is 0 Å². The number of hydrogen-bond acceptors (Lipinski definition) is 2. The van der Waals surface area contributed by atoms with E-state index in [2.05, 4.69) is 0 Å². The summed E-state index contributed by atoms with van der Waals surface area (Å²) in [6.07, 6.45) is 2.95. The van der Waals surface area contributed by atoms with E-state index < -0.39 is 0 Å². The number of benzene rings is 1. The normalized spacial score (nSPS) is 29.3. The quantitative estimate of drug-likeness (QED) is 0.774. The van der Waals surface area contributed by atoms with Crippen molar-refractivity contribution in [2.75, 3.05) is 0 Å². The SMILES string of the molecule is Cc1ccccc1C(=O)C1(C)CCCC1N. The molecule has 0 aliphatic heterocycles. The Morgan fingerprint density at radius 2 is 2.12 bits per heavy atom. The van der Waals surface area contributed by atoms with Gasteiger partial charge >= 0.3 is 0 Å². The van der Waals surface area contributed by atoms with E-state index in [4.69, 9.17) is 5.73 Å². The minimum absolute atomic E-state index is 0.0135. The first kappa shape index (κ1) is 11.3. The van der Waals surface area contributed by atoms with Gasteiger partial charge in [-0.1, -0.05) is 37.6 Å². The average Bonchev–Trinajstić information content (AvgIpc) is 2.60. The van der Waals surface area contributed by atoms with Gasteiger partial charge in [0.05, 0.1) is 0 Å². The highest BCUT2D eigenvalue weighted by molar-refractivity contribution is 6.02. The summed E-state index contributed by atoms with van der Waals surface area (Å²) in [7, 11) is 0. The lowest BCUT2D eigenvalue weighted by Gasteiger charge is -2.27. The molecule has 1 aliphatic rings. The molecule has 1 saturated carbocycles. The summed E-state index contributed by atoms with van der Waals surface area (Å²) in [5.74, 6) is 0.218. The summed E-state index contributed by atoms with van der Waals surface area (Å²) >= 11 is 0. The summed E-state index contributed by atoms with van der Waals surface area (Å²) in [6.45, 7) is 4.00. The van der Waals surface area contributed by atoms with Crippen molar-refractivity contribution >= 4 is 5.78 Å². The Bertz CT molecular complexity index is 413. The van der Waals surface area contributed by atoms with E-state index in [0.29, 0.717) is 0 Å². The van der Waals surface area contributed by atoms with Crippen molar-refractivity contribution in [1.82, 2.24) is 0 Å². The molecule has 0 bridgehead atoms. The summed E-state index contributed by atoms with van der Waals surface area (Å²) in [6, 6.07) is 7.79. The molecule has 2 rings (SSSR count). The molecule has 86 valence electrons.